The highest BCUT2D eigenvalue weighted by Crippen LogP contribution is 2.55. The number of fused-ring (bicyclic) bond motifs is 1. The standard InChI is InChI=1S/C15H12NO5P/c17-13-11-8-4-5-9-12(11)14(18)16(13)15(22(19,20)21)10-6-2-1-3-7-10/h1-9,15H,(H2,19,20,21)/t15-/m0/s1. The van der Waals surface area contributed by atoms with Gasteiger partial charge in [0.05, 0.1) is 11.1 Å². The number of imide groups is 1. The van der Waals surface area contributed by atoms with Gasteiger partial charge in [0.2, 0.25) is 0 Å². The lowest BCUT2D eigenvalue weighted by molar-refractivity contribution is 0.0612. The number of nitrogens with zero attached hydrogens (tertiary/aromatic N) is 1. The predicted molar refractivity (Wildman–Crippen MR) is 78.2 cm³/mol. The molecule has 0 fully saturated rings. The van der Waals surface area contributed by atoms with Gasteiger partial charge in [-0.05, 0) is 17.7 Å². The van der Waals surface area contributed by atoms with Crippen molar-refractivity contribution in [2.75, 3.05) is 0 Å². The topological polar surface area (TPSA) is 94.9 Å². The molecule has 0 saturated heterocycles. The number of carbonyl (C=O) groups excluding carboxylic acids is 2. The molecular weight excluding hydrogens is 305 g/mol. The highest BCUT2D eigenvalue weighted by Gasteiger charge is 2.47. The SMILES string of the molecule is O=C1c2ccccc2C(=O)N1[C@H](c1ccccc1)P(=O)(O)O. The predicted octanol–water partition coefficient (Wildman–Crippen LogP) is 2.16. The van der Waals surface area contributed by atoms with Gasteiger partial charge in [0, 0.05) is 0 Å². The summed E-state index contributed by atoms with van der Waals surface area (Å²) >= 11 is 0. The van der Waals surface area contributed by atoms with Crippen LogP contribution in [-0.4, -0.2) is 26.5 Å². The first-order valence-electron chi connectivity index (χ1n) is 6.48. The molecule has 0 radical (unpaired) electrons. The van der Waals surface area contributed by atoms with Crippen molar-refractivity contribution in [3.63, 3.8) is 0 Å². The maximum Gasteiger partial charge on any atom is 0.352 e. The third-order valence-corrected chi connectivity index (χ3v) is 4.65. The molecule has 2 N–H and O–H groups in total. The second-order valence-electron chi connectivity index (χ2n) is 4.90. The van der Waals surface area contributed by atoms with E-state index in [1.807, 2.05) is 0 Å². The van der Waals surface area contributed by atoms with E-state index in [0.29, 0.717) is 4.90 Å². The van der Waals surface area contributed by atoms with Gasteiger partial charge in [0.25, 0.3) is 11.8 Å². The second-order valence-corrected chi connectivity index (χ2v) is 6.57. The summed E-state index contributed by atoms with van der Waals surface area (Å²) in [6.45, 7) is 0. The second kappa shape index (κ2) is 5.18. The number of benzene rings is 2. The minimum Gasteiger partial charge on any atom is -0.323 e. The van der Waals surface area contributed by atoms with E-state index in [0.717, 1.165) is 0 Å². The molecule has 3 rings (SSSR count). The third kappa shape index (κ3) is 2.27. The summed E-state index contributed by atoms with van der Waals surface area (Å²) in [4.78, 5) is 44.9. The number of carbonyl (C=O) groups is 2. The summed E-state index contributed by atoms with van der Waals surface area (Å²) in [5, 5.41) is 0. The van der Waals surface area contributed by atoms with Crippen LogP contribution >= 0.6 is 7.60 Å². The zero-order valence-corrected chi connectivity index (χ0v) is 12.2. The monoisotopic (exact) mass is 317 g/mol. The molecule has 0 spiro atoms. The van der Waals surface area contributed by atoms with Crippen LogP contribution in [0.25, 0.3) is 0 Å². The van der Waals surface area contributed by atoms with Crippen LogP contribution in [-0.2, 0) is 4.57 Å². The fourth-order valence-corrected chi connectivity index (χ4v) is 3.62. The Hall–Kier alpha value is -2.27. The minimum absolute atomic E-state index is 0.155. The van der Waals surface area contributed by atoms with E-state index < -0.39 is 25.2 Å². The van der Waals surface area contributed by atoms with Gasteiger partial charge in [0.15, 0.2) is 5.78 Å². The van der Waals surface area contributed by atoms with Crippen molar-refractivity contribution < 1.29 is 23.9 Å². The molecule has 1 heterocycles. The van der Waals surface area contributed by atoms with Crippen LogP contribution in [0.5, 0.6) is 0 Å². The Balaban J connectivity index is 2.14. The van der Waals surface area contributed by atoms with Gasteiger partial charge < -0.3 is 9.79 Å². The lowest BCUT2D eigenvalue weighted by Gasteiger charge is -2.27. The lowest BCUT2D eigenvalue weighted by atomic mass is 10.1. The van der Waals surface area contributed by atoms with Crippen LogP contribution < -0.4 is 0 Å². The maximum absolute atomic E-state index is 12.4. The summed E-state index contributed by atoms with van der Waals surface area (Å²) in [5.74, 6) is -3.02. The Morgan fingerprint density at radius 2 is 1.27 bits per heavy atom. The average molecular weight is 317 g/mol. The Labute approximate surface area is 126 Å². The number of rotatable bonds is 3. The fourth-order valence-electron chi connectivity index (χ4n) is 2.55. The molecule has 2 amide bonds. The first-order valence-corrected chi connectivity index (χ1v) is 8.16. The van der Waals surface area contributed by atoms with Gasteiger partial charge in [-0.25, -0.2) is 0 Å². The average Bonchev–Trinajstić information content (AvgIpc) is 2.73. The molecule has 2 aromatic carbocycles. The van der Waals surface area contributed by atoms with Crippen molar-refractivity contribution in [1.29, 1.82) is 0 Å². The summed E-state index contributed by atoms with van der Waals surface area (Å²) < 4.78 is 11.9. The molecule has 1 aliphatic heterocycles. The molecule has 6 nitrogen and oxygen atoms in total. The Morgan fingerprint density at radius 3 is 1.73 bits per heavy atom. The first-order chi connectivity index (χ1) is 10.4. The molecule has 0 unspecified atom stereocenters. The quantitative estimate of drug-likeness (QED) is 0.668. The first kappa shape index (κ1) is 14.7. The van der Waals surface area contributed by atoms with Crippen molar-refractivity contribution in [1.82, 2.24) is 4.90 Å². The van der Waals surface area contributed by atoms with Crippen LogP contribution in [0.3, 0.4) is 0 Å². The molecule has 1 aliphatic rings. The summed E-state index contributed by atoms with van der Waals surface area (Å²) in [6.07, 6.45) is 0. The van der Waals surface area contributed by atoms with Gasteiger partial charge in [-0.15, -0.1) is 0 Å². The van der Waals surface area contributed by atoms with Crippen molar-refractivity contribution in [2.24, 2.45) is 0 Å². The molecule has 0 aliphatic carbocycles. The number of amides is 2. The van der Waals surface area contributed by atoms with Crippen molar-refractivity contribution in [2.45, 2.75) is 5.78 Å². The van der Waals surface area contributed by atoms with E-state index in [1.54, 1.807) is 30.3 Å². The molecule has 22 heavy (non-hydrogen) atoms. The number of hydrogen-bond acceptors (Lipinski definition) is 3. The molecule has 0 saturated carbocycles. The largest absolute Gasteiger partial charge is 0.352 e. The lowest BCUT2D eigenvalue weighted by Crippen LogP contribution is -2.34. The molecule has 2 aromatic rings. The highest BCUT2D eigenvalue weighted by molar-refractivity contribution is 7.52. The van der Waals surface area contributed by atoms with Gasteiger partial charge in [-0.3, -0.25) is 19.1 Å². The molecule has 0 bridgehead atoms. The Bertz CT molecular complexity index is 764. The minimum atomic E-state index is -4.77. The van der Waals surface area contributed by atoms with Crippen LogP contribution in [0, 0.1) is 0 Å². The third-order valence-electron chi connectivity index (χ3n) is 3.49. The van der Waals surface area contributed by atoms with Gasteiger partial charge >= 0.3 is 7.60 Å². The number of hydrogen-bond donors (Lipinski definition) is 2. The molecule has 0 aromatic heterocycles. The van der Waals surface area contributed by atoms with E-state index in [2.05, 4.69) is 0 Å². The zero-order valence-electron chi connectivity index (χ0n) is 11.3. The van der Waals surface area contributed by atoms with Crippen LogP contribution in [0.1, 0.15) is 32.1 Å². The zero-order chi connectivity index (χ0) is 15.9. The highest BCUT2D eigenvalue weighted by atomic mass is 31.2. The summed E-state index contributed by atoms with van der Waals surface area (Å²) in [6, 6.07) is 14.0. The van der Waals surface area contributed by atoms with Crippen LogP contribution in [0.4, 0.5) is 0 Å². The molecular formula is C15H12NO5P. The van der Waals surface area contributed by atoms with E-state index in [-0.39, 0.29) is 16.7 Å². The van der Waals surface area contributed by atoms with Gasteiger partial charge in [-0.2, -0.15) is 0 Å². The molecule has 112 valence electrons. The van der Waals surface area contributed by atoms with E-state index in [1.165, 1.54) is 24.3 Å². The maximum atomic E-state index is 12.4. The van der Waals surface area contributed by atoms with Crippen LogP contribution in [0.15, 0.2) is 54.6 Å². The van der Waals surface area contributed by atoms with E-state index in [4.69, 9.17) is 0 Å². The van der Waals surface area contributed by atoms with E-state index in [9.17, 15) is 23.9 Å². The molecule has 1 atom stereocenters. The Kier molecular flexibility index (Phi) is 3.45. The van der Waals surface area contributed by atoms with Crippen molar-refractivity contribution in [3.05, 3.63) is 71.3 Å². The van der Waals surface area contributed by atoms with Crippen molar-refractivity contribution >= 4 is 19.4 Å². The van der Waals surface area contributed by atoms with Crippen molar-refractivity contribution in [3.8, 4) is 0 Å². The van der Waals surface area contributed by atoms with E-state index >= 15 is 0 Å². The van der Waals surface area contributed by atoms with Gasteiger partial charge in [0.1, 0.15) is 0 Å². The van der Waals surface area contributed by atoms with Gasteiger partial charge in [-0.1, -0.05) is 42.5 Å². The normalized spacial score (nSPS) is 15.8. The Morgan fingerprint density at radius 1 is 0.818 bits per heavy atom. The molecule has 7 heteroatoms. The fraction of sp³-hybridized carbons (Fsp3) is 0.0667. The summed E-state index contributed by atoms with van der Waals surface area (Å²) in [7, 11) is -4.77. The van der Waals surface area contributed by atoms with Crippen LogP contribution in [0.2, 0.25) is 0 Å². The summed E-state index contributed by atoms with van der Waals surface area (Å²) in [5.41, 5.74) is 0.522. The smallest absolute Gasteiger partial charge is 0.323 e.